The van der Waals surface area contributed by atoms with Crippen molar-refractivity contribution in [1.29, 1.82) is 5.26 Å². The maximum atomic E-state index is 13.6. The van der Waals surface area contributed by atoms with E-state index in [1.165, 1.54) is 5.56 Å². The topological polar surface area (TPSA) is 83.6 Å². The number of carbonyl (C=O) groups is 1. The van der Waals surface area contributed by atoms with Gasteiger partial charge in [-0.05, 0) is 50.6 Å². The smallest absolute Gasteiger partial charge is 0.256 e. The molecule has 1 N–H and O–H groups in total. The lowest BCUT2D eigenvalue weighted by molar-refractivity contribution is 0.102. The van der Waals surface area contributed by atoms with Gasteiger partial charge in [0.25, 0.3) is 5.91 Å². The summed E-state index contributed by atoms with van der Waals surface area (Å²) in [5.41, 5.74) is 8.17. The van der Waals surface area contributed by atoms with Gasteiger partial charge in [-0.25, -0.2) is 4.98 Å². The molecule has 0 bridgehead atoms. The SMILES string of the molecule is Cc1ccc(-c2cc(C(=O)Nc3c(C)nn(Cc4ccc(C#N)cc4)c3C)c3ccccc3n2)cc1. The van der Waals surface area contributed by atoms with Crippen molar-refractivity contribution in [2.75, 3.05) is 5.32 Å². The van der Waals surface area contributed by atoms with Crippen molar-refractivity contribution in [2.45, 2.75) is 27.3 Å². The van der Waals surface area contributed by atoms with Crippen LogP contribution >= 0.6 is 0 Å². The van der Waals surface area contributed by atoms with Crippen LogP contribution in [0, 0.1) is 32.1 Å². The molecule has 0 unspecified atom stereocenters. The molecular weight excluding hydrogens is 446 g/mol. The van der Waals surface area contributed by atoms with Crippen molar-refractivity contribution >= 4 is 22.5 Å². The molecule has 6 nitrogen and oxygen atoms in total. The Labute approximate surface area is 209 Å². The van der Waals surface area contributed by atoms with Gasteiger partial charge in [-0.3, -0.25) is 9.48 Å². The lowest BCUT2D eigenvalue weighted by Crippen LogP contribution is -2.14. The van der Waals surface area contributed by atoms with Gasteiger partial charge in [0, 0.05) is 10.9 Å². The first-order valence-corrected chi connectivity index (χ1v) is 11.7. The van der Waals surface area contributed by atoms with Gasteiger partial charge in [0.1, 0.15) is 0 Å². The number of nitrogens with zero attached hydrogens (tertiary/aromatic N) is 4. The number of benzene rings is 3. The third kappa shape index (κ3) is 4.47. The van der Waals surface area contributed by atoms with Crippen LogP contribution in [-0.2, 0) is 6.54 Å². The molecule has 5 rings (SSSR count). The Morgan fingerprint density at radius 1 is 0.972 bits per heavy atom. The molecule has 0 radical (unpaired) electrons. The van der Waals surface area contributed by atoms with E-state index in [9.17, 15) is 4.79 Å². The summed E-state index contributed by atoms with van der Waals surface area (Å²) in [5, 5.41) is 17.6. The highest BCUT2D eigenvalue weighted by atomic mass is 16.1. The number of aromatic nitrogens is 3. The quantitative estimate of drug-likeness (QED) is 0.331. The van der Waals surface area contributed by atoms with E-state index in [2.05, 4.69) is 16.5 Å². The molecule has 176 valence electrons. The van der Waals surface area contributed by atoms with Gasteiger partial charge in [-0.15, -0.1) is 0 Å². The molecule has 0 saturated heterocycles. The number of aryl methyl sites for hydroxylation is 2. The van der Waals surface area contributed by atoms with Crippen molar-refractivity contribution in [3.63, 3.8) is 0 Å². The van der Waals surface area contributed by atoms with Crippen LogP contribution in [0.1, 0.15) is 38.4 Å². The Morgan fingerprint density at radius 3 is 2.42 bits per heavy atom. The minimum atomic E-state index is -0.203. The maximum absolute atomic E-state index is 13.6. The van der Waals surface area contributed by atoms with E-state index in [1.54, 1.807) is 12.1 Å². The summed E-state index contributed by atoms with van der Waals surface area (Å²) in [7, 11) is 0. The number of para-hydroxylation sites is 1. The van der Waals surface area contributed by atoms with E-state index in [4.69, 9.17) is 10.2 Å². The maximum Gasteiger partial charge on any atom is 0.256 e. The highest BCUT2D eigenvalue weighted by Crippen LogP contribution is 2.27. The molecule has 0 saturated carbocycles. The fraction of sp³-hybridized carbons (Fsp3) is 0.133. The molecular formula is C30H25N5O. The number of rotatable bonds is 5. The minimum Gasteiger partial charge on any atom is -0.319 e. The summed E-state index contributed by atoms with van der Waals surface area (Å²) < 4.78 is 1.87. The number of nitrogens with one attached hydrogen (secondary N) is 1. The third-order valence-electron chi connectivity index (χ3n) is 6.34. The predicted octanol–water partition coefficient (Wildman–Crippen LogP) is 6.20. The van der Waals surface area contributed by atoms with Crippen molar-refractivity contribution in [2.24, 2.45) is 0 Å². The summed E-state index contributed by atoms with van der Waals surface area (Å²) in [6, 6.07) is 27.2. The van der Waals surface area contributed by atoms with Crippen molar-refractivity contribution in [1.82, 2.24) is 14.8 Å². The van der Waals surface area contributed by atoms with Gasteiger partial charge in [0.05, 0.1) is 52.0 Å². The van der Waals surface area contributed by atoms with Gasteiger partial charge in [0.2, 0.25) is 0 Å². The molecule has 36 heavy (non-hydrogen) atoms. The van der Waals surface area contributed by atoms with Crippen LogP contribution < -0.4 is 5.32 Å². The van der Waals surface area contributed by atoms with E-state index >= 15 is 0 Å². The first-order valence-electron chi connectivity index (χ1n) is 11.7. The molecule has 2 aromatic heterocycles. The third-order valence-corrected chi connectivity index (χ3v) is 6.34. The van der Waals surface area contributed by atoms with E-state index in [1.807, 2.05) is 92.2 Å². The average molecular weight is 472 g/mol. The van der Waals surface area contributed by atoms with E-state index in [-0.39, 0.29) is 5.91 Å². The van der Waals surface area contributed by atoms with Crippen LogP contribution in [0.2, 0.25) is 0 Å². The van der Waals surface area contributed by atoms with Crippen LogP contribution in [0.4, 0.5) is 5.69 Å². The van der Waals surface area contributed by atoms with Gasteiger partial charge in [-0.2, -0.15) is 10.4 Å². The van der Waals surface area contributed by atoms with Crippen LogP contribution in [0.25, 0.3) is 22.2 Å². The Hall–Kier alpha value is -4.76. The molecule has 0 atom stereocenters. The number of hydrogen-bond acceptors (Lipinski definition) is 4. The van der Waals surface area contributed by atoms with E-state index in [0.717, 1.165) is 39.1 Å². The highest BCUT2D eigenvalue weighted by molar-refractivity contribution is 6.13. The largest absolute Gasteiger partial charge is 0.319 e. The number of nitriles is 1. The molecule has 0 aliphatic heterocycles. The molecule has 0 spiro atoms. The van der Waals surface area contributed by atoms with Gasteiger partial charge >= 0.3 is 0 Å². The summed E-state index contributed by atoms with van der Waals surface area (Å²) >= 11 is 0. The molecule has 5 aromatic rings. The Kier molecular flexibility index (Phi) is 6.05. The lowest BCUT2D eigenvalue weighted by Gasteiger charge is -2.11. The first kappa shape index (κ1) is 23.0. The molecule has 6 heteroatoms. The molecule has 0 aliphatic rings. The molecule has 2 heterocycles. The fourth-order valence-electron chi connectivity index (χ4n) is 4.31. The summed E-state index contributed by atoms with van der Waals surface area (Å²) in [6.07, 6.45) is 0. The minimum absolute atomic E-state index is 0.203. The molecule has 1 amide bonds. The zero-order valence-electron chi connectivity index (χ0n) is 20.4. The zero-order valence-corrected chi connectivity index (χ0v) is 20.4. The van der Waals surface area contributed by atoms with Crippen LogP contribution in [-0.4, -0.2) is 20.7 Å². The summed E-state index contributed by atoms with van der Waals surface area (Å²) in [5.74, 6) is -0.203. The van der Waals surface area contributed by atoms with Crippen LogP contribution in [0.15, 0.2) is 78.9 Å². The number of hydrogen-bond donors (Lipinski definition) is 1. The Morgan fingerprint density at radius 2 is 1.69 bits per heavy atom. The second-order valence-electron chi connectivity index (χ2n) is 8.90. The average Bonchev–Trinajstić information content (AvgIpc) is 3.16. The molecule has 0 fully saturated rings. The van der Waals surface area contributed by atoms with Crippen molar-refractivity contribution < 1.29 is 4.79 Å². The number of anilines is 1. The molecule has 0 aliphatic carbocycles. The fourth-order valence-corrected chi connectivity index (χ4v) is 4.31. The zero-order chi connectivity index (χ0) is 25.2. The van der Waals surface area contributed by atoms with Gasteiger partial charge in [0.15, 0.2) is 0 Å². The number of pyridine rings is 1. The van der Waals surface area contributed by atoms with E-state index in [0.29, 0.717) is 23.4 Å². The summed E-state index contributed by atoms with van der Waals surface area (Å²) in [6.45, 7) is 6.43. The second-order valence-corrected chi connectivity index (χ2v) is 8.90. The Bertz CT molecular complexity index is 1620. The summed E-state index contributed by atoms with van der Waals surface area (Å²) in [4.78, 5) is 18.4. The number of amides is 1. The first-order chi connectivity index (χ1) is 17.4. The standard InChI is InChI=1S/C30H25N5O/c1-19-8-14-24(15-9-19)28-16-26(25-6-4-5-7-27(25)32-28)30(36)33-29-20(2)34-35(21(29)3)18-23-12-10-22(17-31)11-13-23/h4-16H,18H2,1-3H3,(H,33,36). The van der Waals surface area contributed by atoms with Crippen LogP contribution in [0.5, 0.6) is 0 Å². The number of fused-ring (bicyclic) bond motifs is 1. The van der Waals surface area contributed by atoms with Gasteiger partial charge < -0.3 is 5.32 Å². The monoisotopic (exact) mass is 471 g/mol. The van der Waals surface area contributed by atoms with Gasteiger partial charge in [-0.1, -0.05) is 60.2 Å². The van der Waals surface area contributed by atoms with Crippen molar-refractivity contribution in [3.05, 3.63) is 113 Å². The van der Waals surface area contributed by atoms with Crippen molar-refractivity contribution in [3.8, 4) is 17.3 Å². The Balaban J connectivity index is 1.48. The normalized spacial score (nSPS) is 10.8. The highest BCUT2D eigenvalue weighted by Gasteiger charge is 2.19. The second kappa shape index (κ2) is 9.47. The van der Waals surface area contributed by atoms with E-state index < -0.39 is 0 Å². The van der Waals surface area contributed by atoms with Crippen LogP contribution in [0.3, 0.4) is 0 Å². The lowest BCUT2D eigenvalue weighted by atomic mass is 10.0. The number of carbonyl (C=O) groups excluding carboxylic acids is 1. The predicted molar refractivity (Wildman–Crippen MR) is 142 cm³/mol. The molecule has 3 aromatic carbocycles.